The van der Waals surface area contributed by atoms with Crippen LogP contribution in [0.15, 0.2) is 82.5 Å². The number of nitrogens with zero attached hydrogens (tertiary/aromatic N) is 2. The van der Waals surface area contributed by atoms with E-state index in [-0.39, 0.29) is 12.1 Å². The van der Waals surface area contributed by atoms with E-state index >= 15 is 4.39 Å². The molecule has 3 fully saturated rings. The van der Waals surface area contributed by atoms with Gasteiger partial charge in [0.05, 0.1) is 12.2 Å². The molecule has 0 bridgehead atoms. The van der Waals surface area contributed by atoms with Crippen LogP contribution in [0.4, 0.5) is 4.39 Å². The maximum atomic E-state index is 15.9. The van der Waals surface area contributed by atoms with Crippen molar-refractivity contribution < 1.29 is 18.2 Å². The largest absolute Gasteiger partial charge is 0.349 e. The predicted octanol–water partition coefficient (Wildman–Crippen LogP) is 3.55. The molecule has 2 aromatic carbocycles. The van der Waals surface area contributed by atoms with Crippen LogP contribution in [-0.2, 0) is 13.8 Å². The molecular weight excluding hydrogens is 548 g/mol. The first-order valence-electron chi connectivity index (χ1n) is 14.0. The van der Waals surface area contributed by atoms with Crippen molar-refractivity contribution in [2.75, 3.05) is 6.54 Å². The fourth-order valence-electron chi connectivity index (χ4n) is 6.38. The molecule has 1 aromatic heterocycles. The zero-order valence-corrected chi connectivity index (χ0v) is 24.6. The lowest BCUT2D eigenvalue weighted by Gasteiger charge is -2.32. The fraction of sp³-hybridized carbons (Fsp3) is 0.448. The fourth-order valence-corrected chi connectivity index (χ4v) is 12.4. The number of halogens is 1. The number of hydrogen-bond acceptors (Lipinski definition) is 6. The third-order valence-electron chi connectivity index (χ3n) is 8.57. The summed E-state index contributed by atoms with van der Waals surface area (Å²) in [7, 11) is -3.66. The van der Waals surface area contributed by atoms with E-state index in [1.165, 1.54) is 22.6 Å². The molecule has 6 rings (SSSR count). The molecule has 7 atom stereocenters. The zero-order valence-electron chi connectivity index (χ0n) is 22.7. The Morgan fingerprint density at radius 3 is 2.35 bits per heavy atom. The summed E-state index contributed by atoms with van der Waals surface area (Å²) in [5.74, 6) is 0. The van der Waals surface area contributed by atoms with Gasteiger partial charge in [-0.15, -0.1) is 0 Å². The minimum Gasteiger partial charge on any atom is -0.349 e. The van der Waals surface area contributed by atoms with Crippen LogP contribution in [0, 0.1) is 0 Å². The lowest BCUT2D eigenvalue weighted by Crippen LogP contribution is -2.58. The van der Waals surface area contributed by atoms with Crippen molar-refractivity contribution in [1.82, 2.24) is 14.2 Å². The molecule has 3 aliphatic rings. The topological polar surface area (TPSA) is 85.8 Å². The third kappa shape index (κ3) is 5.06. The van der Waals surface area contributed by atoms with Crippen LogP contribution in [0.2, 0.25) is 12.6 Å². The quantitative estimate of drug-likeness (QED) is 0.323. The van der Waals surface area contributed by atoms with Gasteiger partial charge in [-0.25, -0.2) is 13.9 Å². The lowest BCUT2D eigenvalue weighted by atomic mass is 10.1. The van der Waals surface area contributed by atoms with Crippen LogP contribution >= 0.6 is 8.53 Å². The molecule has 8 nitrogen and oxygen atoms in total. The average molecular weight is 584 g/mol. The van der Waals surface area contributed by atoms with Gasteiger partial charge in [0.2, 0.25) is 0 Å². The van der Waals surface area contributed by atoms with Crippen molar-refractivity contribution in [3.05, 3.63) is 93.8 Å². The second-order valence-electron chi connectivity index (χ2n) is 11.0. The maximum Gasteiger partial charge on any atom is 0.330 e. The highest BCUT2D eigenvalue weighted by Gasteiger charge is 2.54. The molecule has 0 spiro atoms. The van der Waals surface area contributed by atoms with Crippen LogP contribution in [-0.4, -0.2) is 59.4 Å². The second-order valence-corrected chi connectivity index (χ2v) is 16.7. The Bertz CT molecular complexity index is 1390. The number of alkyl halides is 1. The monoisotopic (exact) mass is 583 g/mol. The molecule has 0 aliphatic carbocycles. The smallest absolute Gasteiger partial charge is 0.330 e. The van der Waals surface area contributed by atoms with E-state index in [0.29, 0.717) is 6.42 Å². The Kier molecular flexibility index (Phi) is 7.91. The van der Waals surface area contributed by atoms with Gasteiger partial charge in [-0.2, -0.15) is 0 Å². The van der Waals surface area contributed by atoms with Crippen LogP contribution in [0.25, 0.3) is 0 Å². The molecular formula is C29H35FN3O5PSi. The number of hydrogen-bond donors (Lipinski definition) is 1. The van der Waals surface area contributed by atoms with E-state index in [9.17, 15) is 9.59 Å². The molecule has 212 valence electrons. The number of benzene rings is 2. The van der Waals surface area contributed by atoms with E-state index < -0.39 is 52.5 Å². The van der Waals surface area contributed by atoms with Gasteiger partial charge in [-0.1, -0.05) is 84.5 Å². The van der Waals surface area contributed by atoms with Crippen molar-refractivity contribution in [1.29, 1.82) is 0 Å². The summed E-state index contributed by atoms with van der Waals surface area (Å²) in [5, 5.41) is 2.72. The number of aromatic amines is 1. The van der Waals surface area contributed by atoms with Crippen LogP contribution in [0.1, 0.15) is 32.4 Å². The van der Waals surface area contributed by atoms with Gasteiger partial charge in [0.25, 0.3) is 14.1 Å². The van der Waals surface area contributed by atoms with E-state index in [4.69, 9.17) is 13.8 Å². The highest BCUT2D eigenvalue weighted by atomic mass is 31.2. The van der Waals surface area contributed by atoms with Crippen molar-refractivity contribution in [2.45, 2.75) is 75.5 Å². The minimum absolute atomic E-state index is 0.0243. The van der Waals surface area contributed by atoms with Gasteiger partial charge in [-0.3, -0.25) is 14.3 Å². The summed E-state index contributed by atoms with van der Waals surface area (Å²) in [6.45, 7) is 5.17. The van der Waals surface area contributed by atoms with E-state index in [2.05, 4.69) is 76.9 Å². The van der Waals surface area contributed by atoms with E-state index in [1.807, 2.05) is 6.92 Å². The molecule has 0 saturated carbocycles. The van der Waals surface area contributed by atoms with Crippen molar-refractivity contribution in [3.63, 3.8) is 0 Å². The van der Waals surface area contributed by atoms with Crippen molar-refractivity contribution in [2.24, 2.45) is 0 Å². The van der Waals surface area contributed by atoms with Gasteiger partial charge >= 0.3 is 5.69 Å². The van der Waals surface area contributed by atoms with Crippen LogP contribution < -0.4 is 21.6 Å². The standard InChI is InChI=1S/C29H35FN3O5PSi/c1-3-23-27(26(30)28(36-23)32-18-16-25(34)31-29(32)35)38-39-33-17-10-15-22(33)24(37-39)19-40(2,20-11-6-4-7-12-20)21-13-8-5-9-14-21/h4-9,11-14,16,18,22-24,26-28H,3,10,15,17,19H2,1-2H3,(H,31,34,35)/t22-,23+,24+,26-,27?,28+,39+/m0/s1. The molecule has 1 unspecified atom stereocenters. The van der Waals surface area contributed by atoms with Crippen LogP contribution in [0.5, 0.6) is 0 Å². The molecule has 1 N–H and O–H groups in total. The summed E-state index contributed by atoms with van der Waals surface area (Å²) in [6.07, 6.45) is -0.350. The van der Waals surface area contributed by atoms with Gasteiger partial charge in [0, 0.05) is 24.8 Å². The van der Waals surface area contributed by atoms with Crippen molar-refractivity contribution in [3.8, 4) is 0 Å². The maximum absolute atomic E-state index is 15.9. The molecule has 40 heavy (non-hydrogen) atoms. The number of H-pyrrole nitrogens is 1. The molecule has 0 radical (unpaired) electrons. The second kappa shape index (κ2) is 11.4. The van der Waals surface area contributed by atoms with E-state index in [0.717, 1.165) is 30.0 Å². The lowest BCUT2D eigenvalue weighted by molar-refractivity contribution is -0.0269. The number of fused-ring (bicyclic) bond motifs is 1. The summed E-state index contributed by atoms with van der Waals surface area (Å²) >= 11 is 0. The Hall–Kier alpha value is -2.46. The number of aromatic nitrogens is 2. The molecule has 3 saturated heterocycles. The molecule has 0 amide bonds. The molecule has 3 aromatic rings. The van der Waals surface area contributed by atoms with E-state index in [1.54, 1.807) is 0 Å². The van der Waals surface area contributed by atoms with Gasteiger partial charge < -0.3 is 13.8 Å². The first kappa shape index (κ1) is 27.7. The zero-order chi connectivity index (χ0) is 27.9. The number of ether oxygens (including phenoxy) is 1. The SMILES string of the molecule is CC[C@H]1O[C@@H](n2ccc(=O)[nH]c2=O)[C@@H](F)C1O[P@@]1O[C@H](C[Si](C)(c2ccccc2)c2ccccc2)[C@@H]2CCCN21. The van der Waals surface area contributed by atoms with Gasteiger partial charge in [0.15, 0.2) is 12.4 Å². The highest BCUT2D eigenvalue weighted by molar-refractivity contribution is 7.45. The van der Waals surface area contributed by atoms with Crippen molar-refractivity contribution >= 4 is 27.0 Å². The normalized spacial score (nSPS) is 30.5. The van der Waals surface area contributed by atoms with Gasteiger partial charge in [0.1, 0.15) is 14.2 Å². The highest BCUT2D eigenvalue weighted by Crippen LogP contribution is 2.59. The summed E-state index contributed by atoms with van der Waals surface area (Å²) in [4.78, 5) is 26.1. The summed E-state index contributed by atoms with van der Waals surface area (Å²) in [6, 6.07) is 23.8. The molecule has 4 heterocycles. The Balaban J connectivity index is 1.24. The minimum atomic E-state index is -2.16. The van der Waals surface area contributed by atoms with Gasteiger partial charge in [-0.05, 0) is 25.3 Å². The average Bonchev–Trinajstić information content (AvgIpc) is 3.66. The summed E-state index contributed by atoms with van der Waals surface area (Å²) < 4.78 is 38.5. The Labute approximate surface area is 235 Å². The molecule has 3 aliphatic heterocycles. The van der Waals surface area contributed by atoms with Crippen LogP contribution in [0.3, 0.4) is 0 Å². The summed E-state index contributed by atoms with van der Waals surface area (Å²) in [5.41, 5.74) is -1.24. The first-order chi connectivity index (χ1) is 19.4. The molecule has 11 heteroatoms. The Morgan fingerprint density at radius 1 is 1.05 bits per heavy atom. The Morgan fingerprint density at radius 2 is 1.73 bits per heavy atom. The number of nitrogens with one attached hydrogen (secondary N) is 1. The number of rotatable bonds is 8. The first-order valence-corrected chi connectivity index (χ1v) is 17.8. The third-order valence-corrected chi connectivity index (χ3v) is 14.8. The predicted molar refractivity (Wildman–Crippen MR) is 155 cm³/mol.